The van der Waals surface area contributed by atoms with Gasteiger partial charge in [-0.05, 0) is 86.5 Å². The van der Waals surface area contributed by atoms with Gasteiger partial charge in [0, 0.05) is 5.92 Å². The van der Waals surface area contributed by atoms with Crippen molar-refractivity contribution in [2.45, 2.75) is 187 Å². The van der Waals surface area contributed by atoms with Crippen molar-refractivity contribution in [3.8, 4) is 0 Å². The lowest BCUT2D eigenvalue weighted by molar-refractivity contribution is -0.311. The highest BCUT2D eigenvalue weighted by atomic mass is 28.4. The average molecular weight is 659 g/mol. The smallest absolute Gasteiger partial charge is 0.192 e. The Hall–Kier alpha value is 0.151. The summed E-state index contributed by atoms with van der Waals surface area (Å²) in [5.74, 6) is 0.794. The van der Waals surface area contributed by atoms with Crippen molar-refractivity contribution in [1.82, 2.24) is 0 Å². The van der Waals surface area contributed by atoms with Gasteiger partial charge in [-0.15, -0.1) is 0 Å². The Kier molecular flexibility index (Phi) is 12.5. The van der Waals surface area contributed by atoms with E-state index in [4.69, 9.17) is 22.8 Å². The third kappa shape index (κ3) is 9.60. The molecule has 2 fully saturated rings. The van der Waals surface area contributed by atoms with E-state index in [-0.39, 0.29) is 27.1 Å². The van der Waals surface area contributed by atoms with Crippen molar-refractivity contribution in [3.05, 3.63) is 12.2 Å². The van der Waals surface area contributed by atoms with Crippen LogP contribution in [0, 0.1) is 11.8 Å². The predicted molar refractivity (Wildman–Crippen MR) is 188 cm³/mol. The molecule has 1 aliphatic carbocycles. The summed E-state index contributed by atoms with van der Waals surface area (Å²) in [6.45, 7) is 42.8. The molecule has 1 saturated heterocycles. The lowest BCUT2D eigenvalue weighted by Gasteiger charge is -2.53. The Labute approximate surface area is 269 Å². The highest BCUT2D eigenvalue weighted by Gasteiger charge is 2.55. The van der Waals surface area contributed by atoms with E-state index in [1.54, 1.807) is 0 Å². The molecular weight excluding hydrogens is 589 g/mol. The molecule has 1 aliphatic heterocycles. The lowest BCUT2D eigenvalue weighted by atomic mass is 9.77. The maximum Gasteiger partial charge on any atom is 0.192 e. The average Bonchev–Trinajstić information content (AvgIpc) is 2.79. The first kappa shape index (κ1) is 39.3. The molecule has 0 aromatic heterocycles. The van der Waals surface area contributed by atoms with E-state index >= 15 is 0 Å². The minimum Gasteiger partial charge on any atom is -0.414 e. The fraction of sp³-hybridized carbons (Fsp3) is 0.941. The molecule has 0 aromatic rings. The van der Waals surface area contributed by atoms with Gasteiger partial charge in [0.1, 0.15) is 24.4 Å². The molecule has 2 rings (SSSR count). The zero-order valence-corrected chi connectivity index (χ0v) is 34.1. The highest BCUT2D eigenvalue weighted by Crippen LogP contribution is 2.45. The molecule has 43 heavy (non-hydrogen) atoms. The summed E-state index contributed by atoms with van der Waals surface area (Å²) in [4.78, 5) is 0. The van der Waals surface area contributed by atoms with Crippen LogP contribution >= 0.6 is 0 Å². The molecule has 9 heteroatoms. The molecular formula is C34H70O6Si3. The number of aliphatic hydroxyl groups is 1. The van der Waals surface area contributed by atoms with Gasteiger partial charge in [0.25, 0.3) is 0 Å². The fourth-order valence-electron chi connectivity index (χ4n) is 5.17. The van der Waals surface area contributed by atoms with E-state index in [1.165, 1.54) is 0 Å². The van der Waals surface area contributed by atoms with Gasteiger partial charge in [0.05, 0.1) is 12.7 Å². The Morgan fingerprint density at radius 2 is 1.26 bits per heavy atom. The van der Waals surface area contributed by atoms with Gasteiger partial charge in [0.2, 0.25) is 0 Å². The quantitative estimate of drug-likeness (QED) is 0.186. The highest BCUT2D eigenvalue weighted by molar-refractivity contribution is 6.75. The van der Waals surface area contributed by atoms with Crippen LogP contribution in [-0.4, -0.2) is 73.5 Å². The number of ether oxygens (including phenoxy) is 2. The molecule has 0 aromatic carbocycles. The third-order valence-corrected chi connectivity index (χ3v) is 24.9. The molecule has 6 nitrogen and oxygen atoms in total. The number of hydrogen-bond acceptors (Lipinski definition) is 6. The topological polar surface area (TPSA) is 66.4 Å². The molecule has 254 valence electrons. The molecule has 1 saturated carbocycles. The first-order valence-corrected chi connectivity index (χ1v) is 25.5. The maximum atomic E-state index is 12.2. The van der Waals surface area contributed by atoms with Gasteiger partial charge in [-0.2, -0.15) is 0 Å². The second-order valence-corrected chi connectivity index (χ2v) is 32.7. The number of hydrogen-bond donors (Lipinski definition) is 1. The maximum absolute atomic E-state index is 12.2. The molecule has 1 N–H and O–H groups in total. The summed E-state index contributed by atoms with van der Waals surface area (Å²) in [7, 11) is -6.71. The molecule has 0 spiro atoms. The van der Waals surface area contributed by atoms with Crippen LogP contribution in [0.25, 0.3) is 0 Å². The van der Waals surface area contributed by atoms with Gasteiger partial charge in [0.15, 0.2) is 31.2 Å². The van der Waals surface area contributed by atoms with Crippen LogP contribution in [-0.2, 0) is 22.8 Å². The van der Waals surface area contributed by atoms with Crippen molar-refractivity contribution in [2.24, 2.45) is 11.8 Å². The van der Waals surface area contributed by atoms with E-state index in [9.17, 15) is 5.11 Å². The van der Waals surface area contributed by atoms with Crippen molar-refractivity contribution in [2.75, 3.05) is 6.61 Å². The second-order valence-electron chi connectivity index (χ2n) is 18.3. The van der Waals surface area contributed by atoms with Gasteiger partial charge in [-0.3, -0.25) is 0 Å². The zero-order chi connectivity index (χ0) is 33.6. The summed E-state index contributed by atoms with van der Waals surface area (Å²) in [5, 5.41) is 12.1. The van der Waals surface area contributed by atoms with E-state index in [0.29, 0.717) is 12.5 Å². The van der Waals surface area contributed by atoms with E-state index in [2.05, 4.69) is 122 Å². The normalized spacial score (nSPS) is 32.1. The first-order chi connectivity index (χ1) is 19.1. The molecule has 0 radical (unpaired) electrons. The first-order valence-electron chi connectivity index (χ1n) is 16.8. The van der Waals surface area contributed by atoms with Crippen LogP contribution in [0.4, 0.5) is 0 Å². The summed E-state index contributed by atoms with van der Waals surface area (Å²) in [6, 6.07) is 0. The SMILES string of the molecule is C=C(C)[C@H]1CC[C@H](C)C[C@@H]1O[C@@H]1O[C@H](CO[Si](C)(C)C(C)(C)C)[C@@H](O[Si](C)(C)C(C)(C)C)[C@H](O[Si](C)(C)C(C)(C)C)[C@H]1O. The van der Waals surface area contributed by atoms with Crippen LogP contribution in [0.2, 0.25) is 54.4 Å². The van der Waals surface area contributed by atoms with Crippen LogP contribution in [0.1, 0.15) is 95.4 Å². The minimum absolute atomic E-state index is 0.0232. The standard InChI is InChI=1S/C34H70O6Si3/c1-23(2)25-20-19-24(3)21-26(25)37-31-28(35)30(40-43(17,18)34(10,11)12)29(39-42(15,16)33(7,8)9)27(38-31)22-36-41(13,14)32(4,5)6/h24-31,35H,1,19-22H2,2-18H3/t24-,25+,26-,27+,28+,29+,30+,31+/m0/s1. The van der Waals surface area contributed by atoms with Crippen LogP contribution in [0.3, 0.4) is 0 Å². The Bertz CT molecular complexity index is 930. The molecule has 0 amide bonds. The number of rotatable bonds is 10. The fourth-order valence-corrected chi connectivity index (χ4v) is 8.81. The summed E-state index contributed by atoms with van der Waals surface area (Å²) in [5.41, 5.74) is 1.13. The summed E-state index contributed by atoms with van der Waals surface area (Å²) < 4.78 is 34.7. The van der Waals surface area contributed by atoms with E-state index in [1.807, 2.05) is 0 Å². The lowest BCUT2D eigenvalue weighted by Crippen LogP contribution is -2.67. The zero-order valence-electron chi connectivity index (χ0n) is 31.1. The molecule has 8 atom stereocenters. The van der Waals surface area contributed by atoms with Crippen molar-refractivity contribution in [1.29, 1.82) is 0 Å². The second kappa shape index (κ2) is 13.7. The van der Waals surface area contributed by atoms with Crippen LogP contribution < -0.4 is 0 Å². The Morgan fingerprint density at radius 1 is 0.791 bits per heavy atom. The summed E-state index contributed by atoms with van der Waals surface area (Å²) >= 11 is 0. The van der Waals surface area contributed by atoms with Gasteiger partial charge >= 0.3 is 0 Å². The van der Waals surface area contributed by atoms with Crippen molar-refractivity contribution in [3.63, 3.8) is 0 Å². The van der Waals surface area contributed by atoms with E-state index in [0.717, 1.165) is 24.8 Å². The Balaban J connectivity index is 2.60. The molecule has 2 aliphatic rings. The van der Waals surface area contributed by atoms with Crippen LogP contribution in [0.15, 0.2) is 12.2 Å². The molecule has 0 bridgehead atoms. The Morgan fingerprint density at radius 3 is 1.70 bits per heavy atom. The van der Waals surface area contributed by atoms with Gasteiger partial charge in [-0.25, -0.2) is 0 Å². The minimum atomic E-state index is -2.32. The largest absolute Gasteiger partial charge is 0.414 e. The van der Waals surface area contributed by atoms with Gasteiger partial charge < -0.3 is 27.9 Å². The monoisotopic (exact) mass is 658 g/mol. The van der Waals surface area contributed by atoms with Crippen LogP contribution in [0.5, 0.6) is 0 Å². The van der Waals surface area contributed by atoms with Gasteiger partial charge in [-0.1, -0.05) is 81.4 Å². The van der Waals surface area contributed by atoms with Crippen molar-refractivity contribution < 1.29 is 27.9 Å². The van der Waals surface area contributed by atoms with Crippen molar-refractivity contribution >= 4 is 25.0 Å². The predicted octanol–water partition coefficient (Wildman–Crippen LogP) is 9.27. The number of aliphatic hydroxyl groups excluding tert-OH is 1. The van der Waals surface area contributed by atoms with E-state index < -0.39 is 55.7 Å². The third-order valence-electron chi connectivity index (χ3n) is 11.5. The summed E-state index contributed by atoms with van der Waals surface area (Å²) in [6.07, 6.45) is -0.257. The molecule has 1 heterocycles. The molecule has 0 unspecified atom stereocenters.